The van der Waals surface area contributed by atoms with E-state index in [9.17, 15) is 4.79 Å². The van der Waals surface area contributed by atoms with E-state index in [0.29, 0.717) is 10.9 Å². The van der Waals surface area contributed by atoms with Crippen LogP contribution in [0, 0.1) is 11.3 Å². The molecule has 0 saturated carbocycles. The van der Waals surface area contributed by atoms with Crippen molar-refractivity contribution in [3.05, 3.63) is 34.4 Å². The van der Waals surface area contributed by atoms with Gasteiger partial charge in [-0.3, -0.25) is 4.79 Å². The Balaban J connectivity index is 3.20. The van der Waals surface area contributed by atoms with Gasteiger partial charge in [-0.25, -0.2) is 0 Å². The number of benzene rings is 1. The second kappa shape index (κ2) is 6.41. The van der Waals surface area contributed by atoms with Crippen molar-refractivity contribution in [3.8, 4) is 6.07 Å². The number of methoxy groups -OCH3 is 1. The molecule has 4 heteroatoms. The summed E-state index contributed by atoms with van der Waals surface area (Å²) in [7, 11) is 1.36. The van der Waals surface area contributed by atoms with Crippen molar-refractivity contribution in [1.82, 2.24) is 0 Å². The summed E-state index contributed by atoms with van der Waals surface area (Å²) in [5.74, 6) is -0.291. The van der Waals surface area contributed by atoms with E-state index in [1.807, 2.05) is 13.0 Å². The van der Waals surface area contributed by atoms with Crippen LogP contribution in [-0.2, 0) is 27.7 Å². The van der Waals surface area contributed by atoms with Crippen LogP contribution in [0.5, 0.6) is 0 Å². The lowest BCUT2D eigenvalue weighted by molar-refractivity contribution is -0.139. The molecule has 0 saturated heterocycles. The molecule has 1 aromatic carbocycles. The fourth-order valence-corrected chi connectivity index (χ4v) is 2.18. The molecule has 90 valence electrons. The van der Waals surface area contributed by atoms with Crippen LogP contribution in [0.1, 0.15) is 29.2 Å². The molecule has 0 heterocycles. The molecule has 1 rings (SSSR count). The van der Waals surface area contributed by atoms with E-state index in [-0.39, 0.29) is 12.4 Å². The Morgan fingerprint density at radius 1 is 1.41 bits per heavy atom. The number of carbonyl (C=O) groups is 1. The largest absolute Gasteiger partial charge is 0.469 e. The molecule has 0 fully saturated rings. The second-order valence-electron chi connectivity index (χ2n) is 3.63. The van der Waals surface area contributed by atoms with E-state index in [4.69, 9.17) is 5.26 Å². The summed E-state index contributed by atoms with van der Waals surface area (Å²) in [6, 6.07) is 5.92. The lowest BCUT2D eigenvalue weighted by Crippen LogP contribution is -2.07. The number of carbonyl (C=O) groups excluding carboxylic acids is 1. The first-order chi connectivity index (χ1) is 8.15. The van der Waals surface area contributed by atoms with Crippen molar-refractivity contribution in [3.63, 3.8) is 0 Å². The monoisotopic (exact) mass is 295 g/mol. The van der Waals surface area contributed by atoms with Crippen LogP contribution < -0.4 is 0 Å². The summed E-state index contributed by atoms with van der Waals surface area (Å²) < 4.78 is 4.65. The third-order valence-corrected chi connectivity index (χ3v) is 3.24. The SMILES string of the molecule is CCc1cc(CBr)c(CC(=O)OC)cc1C#N. The van der Waals surface area contributed by atoms with Gasteiger partial charge in [0, 0.05) is 5.33 Å². The smallest absolute Gasteiger partial charge is 0.309 e. The quantitative estimate of drug-likeness (QED) is 0.634. The topological polar surface area (TPSA) is 50.1 Å². The highest BCUT2D eigenvalue weighted by molar-refractivity contribution is 9.08. The average molecular weight is 296 g/mol. The van der Waals surface area contributed by atoms with Crippen LogP contribution in [0.15, 0.2) is 12.1 Å². The van der Waals surface area contributed by atoms with Crippen LogP contribution in [0.25, 0.3) is 0 Å². The molecule has 0 bridgehead atoms. The van der Waals surface area contributed by atoms with Gasteiger partial charge in [0.1, 0.15) is 0 Å². The summed E-state index contributed by atoms with van der Waals surface area (Å²) in [5, 5.41) is 9.72. The van der Waals surface area contributed by atoms with Crippen molar-refractivity contribution < 1.29 is 9.53 Å². The zero-order chi connectivity index (χ0) is 12.8. The van der Waals surface area contributed by atoms with Crippen LogP contribution in [0.4, 0.5) is 0 Å². The molecule has 0 aliphatic rings. The van der Waals surface area contributed by atoms with Gasteiger partial charge in [-0.1, -0.05) is 28.9 Å². The Hall–Kier alpha value is -1.34. The number of aryl methyl sites for hydroxylation is 1. The van der Waals surface area contributed by atoms with Gasteiger partial charge in [-0.2, -0.15) is 5.26 Å². The van der Waals surface area contributed by atoms with Crippen molar-refractivity contribution >= 4 is 21.9 Å². The first-order valence-corrected chi connectivity index (χ1v) is 6.45. The summed E-state index contributed by atoms with van der Waals surface area (Å²) >= 11 is 3.39. The molecule has 0 aliphatic carbocycles. The zero-order valence-electron chi connectivity index (χ0n) is 9.92. The molecule has 0 amide bonds. The molecule has 0 radical (unpaired) electrons. The molecule has 17 heavy (non-hydrogen) atoms. The van der Waals surface area contributed by atoms with E-state index in [1.165, 1.54) is 7.11 Å². The summed E-state index contributed by atoms with van der Waals surface area (Å²) in [6.45, 7) is 2.01. The first kappa shape index (κ1) is 13.7. The maximum atomic E-state index is 11.3. The Kier molecular flexibility index (Phi) is 5.17. The number of nitriles is 1. The Labute approximate surface area is 110 Å². The fourth-order valence-electron chi connectivity index (χ4n) is 1.65. The van der Waals surface area contributed by atoms with Gasteiger partial charge in [0.2, 0.25) is 0 Å². The van der Waals surface area contributed by atoms with Gasteiger partial charge in [0.05, 0.1) is 25.2 Å². The minimum Gasteiger partial charge on any atom is -0.469 e. The first-order valence-electron chi connectivity index (χ1n) is 5.33. The highest BCUT2D eigenvalue weighted by Gasteiger charge is 2.11. The standard InChI is InChI=1S/C13H14BrNO2/c1-3-9-4-11(7-14)10(5-12(9)8-15)6-13(16)17-2/h4-5H,3,6-7H2,1-2H3. The maximum Gasteiger partial charge on any atom is 0.309 e. The number of alkyl halides is 1. The summed E-state index contributed by atoms with van der Waals surface area (Å²) in [6.07, 6.45) is 1.01. The van der Waals surface area contributed by atoms with Crippen molar-refractivity contribution in [2.24, 2.45) is 0 Å². The Morgan fingerprint density at radius 2 is 2.12 bits per heavy atom. The van der Waals surface area contributed by atoms with E-state index >= 15 is 0 Å². The normalized spacial score (nSPS) is 9.76. The van der Waals surface area contributed by atoms with Crippen molar-refractivity contribution in [2.45, 2.75) is 25.1 Å². The average Bonchev–Trinajstić information content (AvgIpc) is 2.37. The zero-order valence-corrected chi connectivity index (χ0v) is 11.5. The maximum absolute atomic E-state index is 11.3. The summed E-state index contributed by atoms with van der Waals surface area (Å²) in [4.78, 5) is 11.3. The van der Waals surface area contributed by atoms with Gasteiger partial charge in [0.25, 0.3) is 0 Å². The molecule has 0 aromatic heterocycles. The molecular formula is C13H14BrNO2. The molecule has 0 unspecified atom stereocenters. The number of hydrogen-bond acceptors (Lipinski definition) is 3. The van der Waals surface area contributed by atoms with Crippen LogP contribution in [-0.4, -0.2) is 13.1 Å². The van der Waals surface area contributed by atoms with E-state index in [1.54, 1.807) is 6.07 Å². The van der Waals surface area contributed by atoms with Gasteiger partial charge in [-0.15, -0.1) is 0 Å². The molecule has 0 atom stereocenters. The number of esters is 1. The Bertz CT molecular complexity index is 463. The Morgan fingerprint density at radius 3 is 2.59 bits per heavy atom. The van der Waals surface area contributed by atoms with Crippen molar-refractivity contribution in [2.75, 3.05) is 7.11 Å². The highest BCUT2D eigenvalue weighted by Crippen LogP contribution is 2.20. The third-order valence-electron chi connectivity index (χ3n) is 2.63. The minimum atomic E-state index is -0.291. The second-order valence-corrected chi connectivity index (χ2v) is 4.19. The lowest BCUT2D eigenvalue weighted by atomic mass is 9.96. The van der Waals surface area contributed by atoms with Crippen LogP contribution >= 0.6 is 15.9 Å². The van der Waals surface area contributed by atoms with Gasteiger partial charge < -0.3 is 4.74 Å². The van der Waals surface area contributed by atoms with Gasteiger partial charge in [-0.05, 0) is 29.2 Å². The van der Waals surface area contributed by atoms with E-state index in [2.05, 4.69) is 26.7 Å². The van der Waals surface area contributed by atoms with Crippen LogP contribution in [0.2, 0.25) is 0 Å². The number of halogens is 1. The van der Waals surface area contributed by atoms with E-state index < -0.39 is 0 Å². The minimum absolute atomic E-state index is 0.204. The molecule has 0 aliphatic heterocycles. The predicted molar refractivity (Wildman–Crippen MR) is 68.9 cm³/mol. The summed E-state index contributed by atoms with van der Waals surface area (Å²) in [5.41, 5.74) is 3.53. The third kappa shape index (κ3) is 3.31. The van der Waals surface area contributed by atoms with Crippen LogP contribution in [0.3, 0.4) is 0 Å². The number of hydrogen-bond donors (Lipinski definition) is 0. The number of ether oxygens (including phenoxy) is 1. The highest BCUT2D eigenvalue weighted by atomic mass is 79.9. The molecule has 0 spiro atoms. The molecule has 3 nitrogen and oxygen atoms in total. The lowest BCUT2D eigenvalue weighted by Gasteiger charge is -2.10. The molecule has 0 N–H and O–H groups in total. The fraction of sp³-hybridized carbons (Fsp3) is 0.385. The van der Waals surface area contributed by atoms with E-state index in [0.717, 1.165) is 23.1 Å². The number of rotatable bonds is 4. The molecule has 1 aromatic rings. The van der Waals surface area contributed by atoms with Gasteiger partial charge in [0.15, 0.2) is 0 Å². The predicted octanol–water partition coefficient (Wildman–Crippen LogP) is 2.73. The van der Waals surface area contributed by atoms with Crippen molar-refractivity contribution in [1.29, 1.82) is 5.26 Å². The number of nitrogens with zero attached hydrogens (tertiary/aromatic N) is 1. The molecular weight excluding hydrogens is 282 g/mol. The van der Waals surface area contributed by atoms with Gasteiger partial charge >= 0.3 is 5.97 Å².